The van der Waals surface area contributed by atoms with E-state index in [0.717, 1.165) is 5.30 Å². The zero-order valence-corrected chi connectivity index (χ0v) is 10.8. The molecule has 0 aliphatic carbocycles. The number of benzene rings is 1. The first-order valence-corrected chi connectivity index (χ1v) is 7.18. The van der Waals surface area contributed by atoms with Gasteiger partial charge in [-0.05, 0) is 12.1 Å². The summed E-state index contributed by atoms with van der Waals surface area (Å²) in [7, 11) is -2.15. The van der Waals surface area contributed by atoms with Gasteiger partial charge >= 0.3 is 9.05 Å². The van der Waals surface area contributed by atoms with Gasteiger partial charge in [0.15, 0.2) is 0 Å². The molecule has 4 N–H and O–H groups in total. The molecule has 0 saturated heterocycles. The second-order valence-corrected chi connectivity index (χ2v) is 5.52. The van der Waals surface area contributed by atoms with Gasteiger partial charge in [-0.2, -0.15) is 0 Å². The molecule has 1 rings (SSSR count). The molecule has 0 aromatic heterocycles. The van der Waals surface area contributed by atoms with E-state index < -0.39 is 17.4 Å². The van der Waals surface area contributed by atoms with Crippen LogP contribution in [0.15, 0.2) is 30.3 Å². The molecule has 0 saturated carbocycles. The SMILES string of the molecule is COP(OC)c1ccccc1.O[Si](O)(O)O. The summed E-state index contributed by atoms with van der Waals surface area (Å²) in [4.78, 5) is 29.3. The van der Waals surface area contributed by atoms with Crippen molar-refractivity contribution in [2.24, 2.45) is 0 Å². The van der Waals surface area contributed by atoms with Crippen LogP contribution in [-0.4, -0.2) is 42.5 Å². The molecule has 0 bridgehead atoms. The van der Waals surface area contributed by atoms with Crippen LogP contribution in [0, 0.1) is 0 Å². The topological polar surface area (TPSA) is 99.4 Å². The van der Waals surface area contributed by atoms with Gasteiger partial charge in [0.1, 0.15) is 0 Å². The molecule has 0 fully saturated rings. The number of hydrogen-bond donors (Lipinski definition) is 4. The molecule has 0 aliphatic heterocycles. The molecule has 1 aromatic carbocycles. The molecule has 0 amide bonds. The van der Waals surface area contributed by atoms with Crippen LogP contribution < -0.4 is 5.30 Å². The van der Waals surface area contributed by atoms with Crippen LogP contribution in [0.5, 0.6) is 0 Å². The molecule has 0 unspecified atom stereocenters. The van der Waals surface area contributed by atoms with E-state index in [1.54, 1.807) is 14.2 Å². The zero-order valence-electron chi connectivity index (χ0n) is 8.94. The summed E-state index contributed by atoms with van der Waals surface area (Å²) in [6.45, 7) is 0. The molecule has 0 radical (unpaired) electrons. The van der Waals surface area contributed by atoms with Crippen LogP contribution in [-0.2, 0) is 9.05 Å². The zero-order chi connectivity index (χ0) is 12.6. The number of rotatable bonds is 3. The highest BCUT2D eigenvalue weighted by atomic mass is 31.2. The average Bonchev–Trinajstić information content (AvgIpc) is 2.19. The minimum Gasteiger partial charge on any atom is -0.368 e. The summed E-state index contributed by atoms with van der Waals surface area (Å²) in [6.07, 6.45) is 0. The molecule has 1 aromatic rings. The maximum atomic E-state index is 7.33. The molecule has 0 heterocycles. The summed E-state index contributed by atoms with van der Waals surface area (Å²) in [6, 6.07) is 9.92. The fourth-order valence-electron chi connectivity index (χ4n) is 0.835. The van der Waals surface area contributed by atoms with Crippen LogP contribution in [0.1, 0.15) is 0 Å². The highest BCUT2D eigenvalue weighted by molar-refractivity contribution is 7.55. The lowest BCUT2D eigenvalue weighted by molar-refractivity contribution is 0.117. The van der Waals surface area contributed by atoms with E-state index in [4.69, 9.17) is 28.2 Å². The van der Waals surface area contributed by atoms with E-state index in [1.165, 1.54) is 0 Å². The van der Waals surface area contributed by atoms with Crippen LogP contribution in [0.2, 0.25) is 0 Å². The summed E-state index contributed by atoms with van der Waals surface area (Å²) in [5.41, 5.74) is 0. The highest BCUT2D eigenvalue weighted by Crippen LogP contribution is 2.34. The van der Waals surface area contributed by atoms with E-state index in [9.17, 15) is 0 Å². The Morgan fingerprint density at radius 2 is 1.31 bits per heavy atom. The van der Waals surface area contributed by atoms with E-state index in [2.05, 4.69) is 0 Å². The van der Waals surface area contributed by atoms with Crippen molar-refractivity contribution in [3.8, 4) is 0 Å². The summed E-state index contributed by atoms with van der Waals surface area (Å²) in [5, 5.41) is 1.10. The Labute approximate surface area is 96.1 Å². The highest BCUT2D eigenvalue weighted by Gasteiger charge is 2.22. The van der Waals surface area contributed by atoms with Gasteiger partial charge in [0.25, 0.3) is 0 Å². The maximum absolute atomic E-state index is 7.33. The third-order valence-corrected chi connectivity index (χ3v) is 2.68. The smallest absolute Gasteiger partial charge is 0.368 e. The summed E-state index contributed by atoms with van der Waals surface area (Å²) < 4.78 is 10.3. The number of hydrogen-bond acceptors (Lipinski definition) is 6. The second-order valence-electron chi connectivity index (χ2n) is 2.56. The van der Waals surface area contributed by atoms with E-state index in [1.807, 2.05) is 30.3 Å². The summed E-state index contributed by atoms with van der Waals surface area (Å²) >= 11 is 0. The molecule has 16 heavy (non-hydrogen) atoms. The lowest BCUT2D eigenvalue weighted by Crippen LogP contribution is -2.33. The van der Waals surface area contributed by atoms with Crippen LogP contribution in [0.25, 0.3) is 0 Å². The largest absolute Gasteiger partial charge is 0.668 e. The van der Waals surface area contributed by atoms with Gasteiger partial charge in [0.2, 0.25) is 8.38 Å². The lowest BCUT2D eigenvalue weighted by Gasteiger charge is -2.10. The predicted octanol–water partition coefficient (Wildman–Crippen LogP) is -0.692. The van der Waals surface area contributed by atoms with Crippen molar-refractivity contribution in [2.45, 2.75) is 0 Å². The molecular formula is C8H15O6PSi. The first kappa shape index (κ1) is 15.6. The minimum atomic E-state index is -4.61. The first-order valence-electron chi connectivity index (χ1n) is 4.21. The molecule has 92 valence electrons. The molecule has 0 spiro atoms. The Morgan fingerprint density at radius 1 is 0.938 bits per heavy atom. The van der Waals surface area contributed by atoms with Crippen LogP contribution >= 0.6 is 8.38 Å². The Kier molecular flexibility index (Phi) is 7.65. The van der Waals surface area contributed by atoms with Gasteiger partial charge in [-0.3, -0.25) is 0 Å². The van der Waals surface area contributed by atoms with Gasteiger partial charge in [0, 0.05) is 19.5 Å². The van der Waals surface area contributed by atoms with Crippen molar-refractivity contribution in [1.29, 1.82) is 0 Å². The predicted molar refractivity (Wildman–Crippen MR) is 61.6 cm³/mol. The second kappa shape index (κ2) is 7.83. The molecule has 6 nitrogen and oxygen atoms in total. The van der Waals surface area contributed by atoms with Gasteiger partial charge in [-0.25, -0.2) is 0 Å². The fraction of sp³-hybridized carbons (Fsp3) is 0.250. The van der Waals surface area contributed by atoms with Crippen LogP contribution in [0.3, 0.4) is 0 Å². The Bertz CT molecular complexity index is 268. The molecule has 0 atom stereocenters. The van der Waals surface area contributed by atoms with Crippen molar-refractivity contribution in [1.82, 2.24) is 0 Å². The Balaban J connectivity index is 0.000000385. The van der Waals surface area contributed by atoms with Crippen molar-refractivity contribution in [3.63, 3.8) is 0 Å². The van der Waals surface area contributed by atoms with Gasteiger partial charge < -0.3 is 28.2 Å². The standard InChI is InChI=1S/C8H11O2P.H4O4Si/c1-9-11(10-2)8-6-4-3-5-7-8;1-5(2,3)4/h3-7H,1-2H3;1-4H. The minimum absolute atomic E-state index is 0.851. The van der Waals surface area contributed by atoms with Gasteiger partial charge in [-0.15, -0.1) is 0 Å². The van der Waals surface area contributed by atoms with Crippen LogP contribution in [0.4, 0.5) is 0 Å². The average molecular weight is 266 g/mol. The fourth-order valence-corrected chi connectivity index (χ4v) is 1.82. The first-order chi connectivity index (χ1) is 7.38. The third-order valence-electron chi connectivity index (χ3n) is 1.30. The van der Waals surface area contributed by atoms with Crippen molar-refractivity contribution in [3.05, 3.63) is 30.3 Å². The van der Waals surface area contributed by atoms with Crippen molar-refractivity contribution < 1.29 is 28.2 Å². The molecule has 0 aliphatic rings. The van der Waals surface area contributed by atoms with Crippen molar-refractivity contribution >= 4 is 22.7 Å². The maximum Gasteiger partial charge on any atom is 0.668 e. The van der Waals surface area contributed by atoms with Gasteiger partial charge in [-0.1, -0.05) is 18.2 Å². The monoisotopic (exact) mass is 266 g/mol. The van der Waals surface area contributed by atoms with E-state index >= 15 is 0 Å². The molecule has 8 heteroatoms. The van der Waals surface area contributed by atoms with Crippen molar-refractivity contribution in [2.75, 3.05) is 14.2 Å². The van der Waals surface area contributed by atoms with Gasteiger partial charge in [0.05, 0.1) is 0 Å². The Morgan fingerprint density at radius 3 is 1.62 bits per heavy atom. The lowest BCUT2D eigenvalue weighted by atomic mass is 10.4. The normalized spacial score (nSPS) is 10.9. The van der Waals surface area contributed by atoms with E-state index in [-0.39, 0.29) is 0 Å². The quantitative estimate of drug-likeness (QED) is 0.427. The third kappa shape index (κ3) is 8.90. The summed E-state index contributed by atoms with van der Waals surface area (Å²) in [5.74, 6) is 0. The molecular weight excluding hydrogens is 251 g/mol. The Hall–Kier alpha value is -0.373. The van der Waals surface area contributed by atoms with E-state index in [0.29, 0.717) is 0 Å².